The maximum atomic E-state index is 12.7. The van der Waals surface area contributed by atoms with Crippen molar-refractivity contribution in [1.82, 2.24) is 0 Å². The molecule has 0 aromatic heterocycles. The third-order valence-electron chi connectivity index (χ3n) is 5.14. The van der Waals surface area contributed by atoms with Crippen LogP contribution in [0.5, 0.6) is 5.75 Å². The van der Waals surface area contributed by atoms with Gasteiger partial charge in [0, 0.05) is 13.5 Å². The third kappa shape index (κ3) is 6.53. The molecule has 142 valence electrons. The third-order valence-corrected chi connectivity index (χ3v) is 5.14. The molecule has 0 N–H and O–H groups in total. The molecule has 1 aromatic carbocycles. The highest BCUT2D eigenvalue weighted by Gasteiger charge is 2.39. The van der Waals surface area contributed by atoms with E-state index in [1.54, 1.807) is 24.3 Å². The molecular weight excluding hydrogens is 329 g/mol. The molecule has 0 amide bonds. The maximum absolute atomic E-state index is 12.7. The summed E-state index contributed by atoms with van der Waals surface area (Å²) in [6, 6.07) is 6.87. The van der Waals surface area contributed by atoms with Crippen LogP contribution >= 0.6 is 0 Å². The predicted molar refractivity (Wildman–Crippen MR) is 92.8 cm³/mol. The van der Waals surface area contributed by atoms with Crippen molar-refractivity contribution in [3.63, 3.8) is 0 Å². The molecule has 0 saturated heterocycles. The van der Waals surface area contributed by atoms with Gasteiger partial charge in [0.2, 0.25) is 0 Å². The van der Waals surface area contributed by atoms with Crippen molar-refractivity contribution in [3.8, 4) is 5.75 Å². The van der Waals surface area contributed by atoms with E-state index in [1.165, 1.54) is 38.5 Å². The number of rotatable bonds is 8. The van der Waals surface area contributed by atoms with Gasteiger partial charge in [0.15, 0.2) is 6.10 Å². The summed E-state index contributed by atoms with van der Waals surface area (Å²) in [7, 11) is 1.09. The summed E-state index contributed by atoms with van der Waals surface area (Å²) >= 11 is 0. The Balaban J connectivity index is 1.77. The summed E-state index contributed by atoms with van der Waals surface area (Å²) in [4.78, 5) is 0. The molecule has 1 aliphatic carbocycles. The van der Waals surface area contributed by atoms with E-state index < -0.39 is 12.3 Å². The van der Waals surface area contributed by atoms with Gasteiger partial charge in [0.25, 0.3) is 0 Å². The molecule has 1 atom stereocenters. The Morgan fingerprint density at radius 3 is 2.16 bits per heavy atom. The van der Waals surface area contributed by atoms with Gasteiger partial charge in [0.05, 0.1) is 6.61 Å². The van der Waals surface area contributed by atoms with E-state index in [2.05, 4.69) is 11.7 Å². The minimum absolute atomic E-state index is 0.179. The van der Waals surface area contributed by atoms with Crippen LogP contribution in [0.2, 0.25) is 0 Å². The lowest BCUT2D eigenvalue weighted by Gasteiger charge is -2.28. The van der Waals surface area contributed by atoms with Crippen LogP contribution in [0, 0.1) is 11.8 Å². The Morgan fingerprint density at radius 1 is 1.04 bits per heavy atom. The van der Waals surface area contributed by atoms with E-state index >= 15 is 0 Å². The number of hydrogen-bond acceptors (Lipinski definition) is 2. The van der Waals surface area contributed by atoms with Gasteiger partial charge in [-0.05, 0) is 42.4 Å². The Hall–Kier alpha value is -1.23. The summed E-state index contributed by atoms with van der Waals surface area (Å²) in [6.45, 7) is 2.93. The van der Waals surface area contributed by atoms with Gasteiger partial charge in [-0.2, -0.15) is 13.2 Å². The Labute approximate surface area is 148 Å². The number of hydrogen-bond donors (Lipinski definition) is 0. The van der Waals surface area contributed by atoms with E-state index in [1.807, 2.05) is 0 Å². The minimum atomic E-state index is -4.35. The fourth-order valence-corrected chi connectivity index (χ4v) is 3.58. The van der Waals surface area contributed by atoms with Crippen LogP contribution in [0.25, 0.3) is 0 Å². The normalized spacial score (nSPS) is 22.6. The lowest BCUT2D eigenvalue weighted by molar-refractivity contribution is -0.212. The second kappa shape index (κ2) is 9.46. The molecule has 0 radical (unpaired) electrons. The number of halogens is 3. The van der Waals surface area contributed by atoms with Gasteiger partial charge in [-0.25, -0.2) is 0 Å². The lowest BCUT2D eigenvalue weighted by Crippen LogP contribution is -2.32. The monoisotopic (exact) mass is 358 g/mol. The van der Waals surface area contributed by atoms with Crippen LogP contribution < -0.4 is 4.74 Å². The fourth-order valence-electron chi connectivity index (χ4n) is 3.58. The van der Waals surface area contributed by atoms with Gasteiger partial charge >= 0.3 is 6.18 Å². The molecule has 0 bridgehead atoms. The molecular formula is C20H29F3O2. The Kier molecular flexibility index (Phi) is 7.60. The second-order valence-corrected chi connectivity index (χ2v) is 7.10. The average molecular weight is 358 g/mol. The van der Waals surface area contributed by atoms with Gasteiger partial charge in [-0.15, -0.1) is 0 Å². The maximum Gasteiger partial charge on any atom is 0.414 e. The van der Waals surface area contributed by atoms with Crippen molar-refractivity contribution in [2.24, 2.45) is 11.8 Å². The average Bonchev–Trinajstić information content (AvgIpc) is 2.59. The largest absolute Gasteiger partial charge is 0.493 e. The van der Waals surface area contributed by atoms with E-state index in [4.69, 9.17) is 4.74 Å². The van der Waals surface area contributed by atoms with Crippen molar-refractivity contribution >= 4 is 0 Å². The summed E-state index contributed by atoms with van der Waals surface area (Å²) in [5.74, 6) is 2.19. The number of alkyl halides is 3. The predicted octanol–water partition coefficient (Wildman–Crippen LogP) is 5.79. The first kappa shape index (κ1) is 20.1. The molecule has 1 aromatic rings. The van der Waals surface area contributed by atoms with E-state index in [0.29, 0.717) is 18.1 Å². The lowest BCUT2D eigenvalue weighted by atomic mass is 9.80. The van der Waals surface area contributed by atoms with Gasteiger partial charge in [-0.3, -0.25) is 0 Å². The van der Waals surface area contributed by atoms with E-state index in [-0.39, 0.29) is 6.42 Å². The zero-order valence-corrected chi connectivity index (χ0v) is 15.1. The molecule has 1 fully saturated rings. The molecule has 1 unspecified atom stereocenters. The summed E-state index contributed by atoms with van der Waals surface area (Å²) in [5, 5.41) is 0. The van der Waals surface area contributed by atoms with Crippen LogP contribution in [0.4, 0.5) is 13.2 Å². The first-order valence-electron chi connectivity index (χ1n) is 9.23. The van der Waals surface area contributed by atoms with E-state index in [9.17, 15) is 13.2 Å². The zero-order chi connectivity index (χ0) is 18.3. The molecule has 0 aliphatic heterocycles. The molecule has 2 nitrogen and oxygen atoms in total. The number of ether oxygens (including phenoxy) is 2. The van der Waals surface area contributed by atoms with Crippen molar-refractivity contribution in [3.05, 3.63) is 29.8 Å². The molecule has 0 heterocycles. The molecule has 5 heteroatoms. The van der Waals surface area contributed by atoms with Crippen LogP contribution in [-0.2, 0) is 11.2 Å². The molecule has 25 heavy (non-hydrogen) atoms. The van der Waals surface area contributed by atoms with Crippen LogP contribution in [-0.4, -0.2) is 26.0 Å². The smallest absolute Gasteiger partial charge is 0.414 e. The van der Waals surface area contributed by atoms with Gasteiger partial charge in [-0.1, -0.05) is 44.7 Å². The van der Waals surface area contributed by atoms with Crippen molar-refractivity contribution in [2.75, 3.05) is 13.7 Å². The van der Waals surface area contributed by atoms with Gasteiger partial charge in [0.1, 0.15) is 5.75 Å². The van der Waals surface area contributed by atoms with Crippen molar-refractivity contribution in [1.29, 1.82) is 0 Å². The number of methoxy groups -OCH3 is 1. The van der Waals surface area contributed by atoms with Crippen LogP contribution in [0.3, 0.4) is 0 Å². The van der Waals surface area contributed by atoms with Crippen molar-refractivity contribution < 1.29 is 22.6 Å². The highest BCUT2D eigenvalue weighted by molar-refractivity contribution is 5.27. The van der Waals surface area contributed by atoms with Crippen LogP contribution in [0.1, 0.15) is 51.0 Å². The van der Waals surface area contributed by atoms with Crippen molar-refractivity contribution in [2.45, 2.75) is 64.1 Å². The Bertz CT molecular complexity index is 491. The summed E-state index contributed by atoms with van der Waals surface area (Å²) in [6.07, 6.45) is 1.30. The summed E-state index contributed by atoms with van der Waals surface area (Å²) in [5.41, 5.74) is 0.594. The quantitative estimate of drug-likeness (QED) is 0.585. The number of benzene rings is 1. The molecule has 1 saturated carbocycles. The zero-order valence-electron chi connectivity index (χ0n) is 15.1. The minimum Gasteiger partial charge on any atom is -0.493 e. The molecule has 2 rings (SSSR count). The summed E-state index contributed by atoms with van der Waals surface area (Å²) < 4.78 is 48.6. The fraction of sp³-hybridized carbons (Fsp3) is 0.700. The molecule has 0 spiro atoms. The van der Waals surface area contributed by atoms with Crippen LogP contribution in [0.15, 0.2) is 24.3 Å². The topological polar surface area (TPSA) is 18.5 Å². The second-order valence-electron chi connectivity index (χ2n) is 7.10. The molecule has 1 aliphatic rings. The van der Waals surface area contributed by atoms with Gasteiger partial charge < -0.3 is 9.47 Å². The SMILES string of the molecule is CCCC1CCC(COc2ccc(CC(OC)C(F)(F)F)cc2)CC1. The first-order chi connectivity index (χ1) is 11.9. The highest BCUT2D eigenvalue weighted by Crippen LogP contribution is 2.32. The Morgan fingerprint density at radius 2 is 1.64 bits per heavy atom. The first-order valence-corrected chi connectivity index (χ1v) is 9.23. The highest BCUT2D eigenvalue weighted by atomic mass is 19.4. The van der Waals surface area contributed by atoms with E-state index in [0.717, 1.165) is 18.8 Å². The standard InChI is InChI=1S/C20H29F3O2/c1-3-4-15-5-7-17(8-6-15)14-25-18-11-9-16(10-12-18)13-19(24-2)20(21,22)23/h9-12,15,17,19H,3-8,13-14H2,1-2H3.